The number of imide groups is 1. The monoisotopic (exact) mass is 597 g/mol. The normalized spacial score (nSPS) is 14.0. The number of ether oxygens (including phenoxy) is 2. The number of hydrogen-bond donors (Lipinski definition) is 2. The second-order valence-corrected chi connectivity index (χ2v) is 9.61. The summed E-state index contributed by atoms with van der Waals surface area (Å²) in [6.07, 6.45) is 2.24. The summed E-state index contributed by atoms with van der Waals surface area (Å²) in [5, 5.41) is 5.90. The van der Waals surface area contributed by atoms with Gasteiger partial charge in [0.1, 0.15) is 18.8 Å². The van der Waals surface area contributed by atoms with Crippen molar-refractivity contribution in [2.24, 2.45) is 0 Å². The highest BCUT2D eigenvalue weighted by Crippen LogP contribution is 2.38. The molecule has 0 aliphatic carbocycles. The molecule has 1 saturated heterocycles. The molecule has 8 nitrogen and oxygen atoms in total. The molecule has 0 atom stereocenters. The Kier molecular flexibility index (Phi) is 8.70. The van der Waals surface area contributed by atoms with Crippen LogP contribution < -0.4 is 20.1 Å². The minimum absolute atomic E-state index is 0.0375. The van der Waals surface area contributed by atoms with Gasteiger partial charge in [0.2, 0.25) is 5.91 Å². The van der Waals surface area contributed by atoms with E-state index in [4.69, 9.17) is 21.1 Å². The standard InChI is InChI=1S/C28H25BrClN3O5/c1-3-18-8-5-7-11-22(18)31-25(34)15-33-27(35)23(32-28(33)36)13-17-12-20(29)26(24(14-17)37-2)38-16-19-9-4-6-10-21(19)30/h4-14H,3,15-16H2,1-2H3,(H,31,34)(H,32,36)/b23-13-. The van der Waals surface area contributed by atoms with Gasteiger partial charge in [-0.15, -0.1) is 0 Å². The Morgan fingerprint density at radius 3 is 2.53 bits per heavy atom. The first-order valence-electron chi connectivity index (χ1n) is 11.8. The number of urea groups is 1. The lowest BCUT2D eigenvalue weighted by Crippen LogP contribution is -2.38. The number of benzene rings is 3. The van der Waals surface area contributed by atoms with Gasteiger partial charge in [-0.2, -0.15) is 0 Å². The predicted molar refractivity (Wildman–Crippen MR) is 149 cm³/mol. The summed E-state index contributed by atoms with van der Waals surface area (Å²) in [5.74, 6) is -0.203. The highest BCUT2D eigenvalue weighted by molar-refractivity contribution is 9.10. The highest BCUT2D eigenvalue weighted by atomic mass is 79.9. The fourth-order valence-electron chi connectivity index (χ4n) is 3.89. The zero-order chi connectivity index (χ0) is 27.2. The molecule has 0 bridgehead atoms. The first-order valence-corrected chi connectivity index (χ1v) is 12.9. The van der Waals surface area contributed by atoms with E-state index in [1.807, 2.05) is 43.3 Å². The summed E-state index contributed by atoms with van der Waals surface area (Å²) < 4.78 is 12.0. The van der Waals surface area contributed by atoms with Crippen molar-refractivity contribution in [1.29, 1.82) is 0 Å². The van der Waals surface area contributed by atoms with E-state index in [1.54, 1.807) is 24.3 Å². The van der Waals surface area contributed by atoms with Crippen molar-refractivity contribution < 1.29 is 23.9 Å². The molecule has 3 aromatic rings. The van der Waals surface area contributed by atoms with Crippen LogP contribution in [0.2, 0.25) is 5.02 Å². The SMILES string of the molecule is CCc1ccccc1NC(=O)CN1C(=O)N/C(=C\c2cc(Br)c(OCc3ccccc3Cl)c(OC)c2)C1=O. The molecular formula is C28H25BrClN3O5. The first kappa shape index (κ1) is 27.2. The lowest BCUT2D eigenvalue weighted by molar-refractivity contribution is -0.127. The number of anilines is 1. The van der Waals surface area contributed by atoms with E-state index in [0.29, 0.717) is 32.2 Å². The molecule has 0 unspecified atom stereocenters. The van der Waals surface area contributed by atoms with Crippen molar-refractivity contribution in [3.8, 4) is 11.5 Å². The van der Waals surface area contributed by atoms with Crippen LogP contribution in [0, 0.1) is 0 Å². The van der Waals surface area contributed by atoms with Crippen molar-refractivity contribution in [2.45, 2.75) is 20.0 Å². The van der Waals surface area contributed by atoms with Crippen LogP contribution in [0.3, 0.4) is 0 Å². The molecular weight excluding hydrogens is 574 g/mol. The van der Waals surface area contributed by atoms with E-state index in [1.165, 1.54) is 13.2 Å². The summed E-state index contributed by atoms with van der Waals surface area (Å²) in [5.41, 5.74) is 3.03. The molecule has 4 rings (SSSR count). The number of para-hydroxylation sites is 1. The van der Waals surface area contributed by atoms with Crippen LogP contribution in [-0.2, 0) is 22.6 Å². The van der Waals surface area contributed by atoms with Crippen LogP contribution >= 0.6 is 27.5 Å². The Hall–Kier alpha value is -3.82. The molecule has 0 saturated carbocycles. The van der Waals surface area contributed by atoms with E-state index in [9.17, 15) is 14.4 Å². The van der Waals surface area contributed by atoms with Crippen molar-refractivity contribution in [2.75, 3.05) is 19.0 Å². The molecule has 0 radical (unpaired) electrons. The van der Waals surface area contributed by atoms with Crippen molar-refractivity contribution >= 4 is 57.1 Å². The number of rotatable bonds is 9. The molecule has 1 heterocycles. The molecule has 4 amide bonds. The topological polar surface area (TPSA) is 97.0 Å². The van der Waals surface area contributed by atoms with Gasteiger partial charge < -0.3 is 20.1 Å². The Morgan fingerprint density at radius 1 is 1.11 bits per heavy atom. The molecule has 38 heavy (non-hydrogen) atoms. The van der Waals surface area contributed by atoms with Gasteiger partial charge in [0.05, 0.1) is 11.6 Å². The summed E-state index contributed by atoms with van der Waals surface area (Å²) in [6.45, 7) is 1.79. The summed E-state index contributed by atoms with van der Waals surface area (Å²) >= 11 is 9.71. The summed E-state index contributed by atoms with van der Waals surface area (Å²) in [4.78, 5) is 38.9. The second kappa shape index (κ2) is 12.1. The van der Waals surface area contributed by atoms with Gasteiger partial charge in [-0.05, 0) is 63.8 Å². The predicted octanol–water partition coefficient (Wildman–Crippen LogP) is 5.78. The molecule has 3 aromatic carbocycles. The average molecular weight is 599 g/mol. The van der Waals surface area contributed by atoms with Gasteiger partial charge in [0.15, 0.2) is 11.5 Å². The molecule has 1 fully saturated rings. The number of aryl methyl sites for hydroxylation is 1. The van der Waals surface area contributed by atoms with Gasteiger partial charge >= 0.3 is 6.03 Å². The second-order valence-electron chi connectivity index (χ2n) is 8.35. The fraction of sp³-hybridized carbons (Fsp3) is 0.179. The number of nitrogens with zero attached hydrogens (tertiary/aromatic N) is 1. The van der Waals surface area contributed by atoms with Crippen LogP contribution in [0.25, 0.3) is 6.08 Å². The Balaban J connectivity index is 1.48. The number of hydrogen-bond acceptors (Lipinski definition) is 5. The Bertz CT molecular complexity index is 1430. The molecule has 196 valence electrons. The number of nitrogens with one attached hydrogen (secondary N) is 2. The van der Waals surface area contributed by atoms with E-state index in [-0.39, 0.29) is 12.3 Å². The van der Waals surface area contributed by atoms with Gasteiger partial charge in [-0.25, -0.2) is 9.69 Å². The van der Waals surface area contributed by atoms with Crippen molar-refractivity contribution in [3.05, 3.63) is 92.5 Å². The minimum Gasteiger partial charge on any atom is -0.493 e. The number of carbonyl (C=O) groups is 3. The molecule has 10 heteroatoms. The molecule has 1 aliphatic heterocycles. The van der Waals surface area contributed by atoms with Crippen LogP contribution in [0.1, 0.15) is 23.6 Å². The molecule has 0 spiro atoms. The highest BCUT2D eigenvalue weighted by Gasteiger charge is 2.35. The van der Waals surface area contributed by atoms with Crippen LogP contribution in [0.4, 0.5) is 10.5 Å². The number of methoxy groups -OCH3 is 1. The minimum atomic E-state index is -0.675. The lowest BCUT2D eigenvalue weighted by Gasteiger charge is -2.14. The Morgan fingerprint density at radius 2 is 1.82 bits per heavy atom. The number of amides is 4. The van der Waals surface area contributed by atoms with Gasteiger partial charge in [-0.3, -0.25) is 9.59 Å². The van der Waals surface area contributed by atoms with Gasteiger partial charge in [0, 0.05) is 16.3 Å². The third-order valence-corrected chi connectivity index (χ3v) is 6.79. The van der Waals surface area contributed by atoms with E-state index >= 15 is 0 Å². The maximum atomic E-state index is 12.9. The quantitative estimate of drug-likeness (QED) is 0.240. The largest absolute Gasteiger partial charge is 0.493 e. The third kappa shape index (κ3) is 6.17. The van der Waals surface area contributed by atoms with E-state index in [2.05, 4.69) is 26.6 Å². The van der Waals surface area contributed by atoms with Crippen molar-refractivity contribution in [1.82, 2.24) is 10.2 Å². The fourth-order valence-corrected chi connectivity index (χ4v) is 4.66. The summed E-state index contributed by atoms with van der Waals surface area (Å²) in [7, 11) is 1.50. The molecule has 0 aromatic heterocycles. The smallest absolute Gasteiger partial charge is 0.329 e. The molecule has 1 aliphatic rings. The third-order valence-electron chi connectivity index (χ3n) is 5.83. The van der Waals surface area contributed by atoms with Crippen LogP contribution in [0.5, 0.6) is 11.5 Å². The van der Waals surface area contributed by atoms with E-state index in [0.717, 1.165) is 22.4 Å². The molecule has 2 N–H and O–H groups in total. The maximum Gasteiger partial charge on any atom is 0.329 e. The Labute approximate surface area is 233 Å². The van der Waals surface area contributed by atoms with Gasteiger partial charge in [0.25, 0.3) is 5.91 Å². The van der Waals surface area contributed by atoms with Crippen LogP contribution in [-0.4, -0.2) is 36.4 Å². The number of halogens is 2. The van der Waals surface area contributed by atoms with Gasteiger partial charge in [-0.1, -0.05) is 54.9 Å². The number of carbonyl (C=O) groups excluding carboxylic acids is 3. The zero-order valence-corrected chi connectivity index (χ0v) is 23.1. The maximum absolute atomic E-state index is 12.9. The summed E-state index contributed by atoms with van der Waals surface area (Å²) in [6, 6.07) is 17.5. The zero-order valence-electron chi connectivity index (χ0n) is 20.7. The average Bonchev–Trinajstić information content (AvgIpc) is 3.16. The van der Waals surface area contributed by atoms with Crippen LogP contribution in [0.15, 0.2) is 70.8 Å². The lowest BCUT2D eigenvalue weighted by atomic mass is 10.1. The first-order chi connectivity index (χ1) is 18.3. The van der Waals surface area contributed by atoms with E-state index < -0.39 is 24.4 Å². The van der Waals surface area contributed by atoms with Crippen molar-refractivity contribution in [3.63, 3.8) is 0 Å².